The van der Waals surface area contributed by atoms with E-state index >= 15 is 0 Å². The fourth-order valence-corrected chi connectivity index (χ4v) is 4.25. The lowest BCUT2D eigenvalue weighted by molar-refractivity contribution is -0.0116. The Labute approximate surface area is 182 Å². The highest BCUT2D eigenvalue weighted by molar-refractivity contribution is 6.33. The van der Waals surface area contributed by atoms with Gasteiger partial charge >= 0.3 is 0 Å². The molecule has 0 bridgehead atoms. The number of piperidine rings is 1. The Morgan fingerprint density at radius 3 is 2.80 bits per heavy atom. The number of fused-ring (bicyclic) bond motifs is 1. The van der Waals surface area contributed by atoms with Gasteiger partial charge in [-0.25, -0.2) is 0 Å². The fraction of sp³-hybridized carbons (Fsp3) is 0.667. The molecule has 0 radical (unpaired) electrons. The molecule has 9 heteroatoms. The minimum atomic E-state index is -0.265. The molecule has 1 saturated heterocycles. The molecule has 1 amide bonds. The lowest BCUT2D eigenvalue weighted by Crippen LogP contribution is -2.48. The van der Waals surface area contributed by atoms with E-state index in [2.05, 4.69) is 10.2 Å². The molecule has 0 saturated carbocycles. The van der Waals surface area contributed by atoms with Gasteiger partial charge < -0.3 is 34.3 Å². The van der Waals surface area contributed by atoms with Crippen molar-refractivity contribution >= 4 is 17.5 Å². The number of amides is 1. The van der Waals surface area contributed by atoms with Crippen LogP contribution in [0.1, 0.15) is 29.6 Å². The van der Waals surface area contributed by atoms with Gasteiger partial charge in [-0.3, -0.25) is 4.79 Å². The highest BCUT2D eigenvalue weighted by atomic mass is 35.5. The van der Waals surface area contributed by atoms with Crippen molar-refractivity contribution in [1.82, 2.24) is 10.2 Å². The van der Waals surface area contributed by atoms with Crippen LogP contribution in [0.15, 0.2) is 6.07 Å². The van der Waals surface area contributed by atoms with E-state index < -0.39 is 0 Å². The van der Waals surface area contributed by atoms with E-state index in [0.29, 0.717) is 54.0 Å². The number of nitrogens with zero attached hydrogens (tertiary/aromatic N) is 1. The van der Waals surface area contributed by atoms with Crippen LogP contribution in [0.3, 0.4) is 0 Å². The van der Waals surface area contributed by atoms with Crippen LogP contribution >= 0.6 is 11.6 Å². The van der Waals surface area contributed by atoms with Crippen LogP contribution in [-0.2, 0) is 4.74 Å². The molecule has 2 heterocycles. The molecule has 30 heavy (non-hydrogen) atoms. The molecule has 2 atom stereocenters. The van der Waals surface area contributed by atoms with Crippen molar-refractivity contribution in [2.75, 3.05) is 60.2 Å². The first kappa shape index (κ1) is 22.9. The van der Waals surface area contributed by atoms with E-state index in [-0.39, 0.29) is 24.5 Å². The third kappa shape index (κ3) is 5.29. The molecule has 0 aromatic heterocycles. The number of carbonyl (C=O) groups is 1. The zero-order valence-corrected chi connectivity index (χ0v) is 18.4. The topological polar surface area (TPSA) is 89.5 Å². The Morgan fingerprint density at radius 2 is 2.10 bits per heavy atom. The molecule has 168 valence electrons. The molecule has 1 aromatic rings. The molecule has 2 aliphatic rings. The molecule has 0 aliphatic carbocycles. The number of rotatable bonds is 8. The summed E-state index contributed by atoms with van der Waals surface area (Å²) in [5, 5.41) is 12.4. The van der Waals surface area contributed by atoms with E-state index in [4.69, 9.17) is 35.7 Å². The van der Waals surface area contributed by atoms with Gasteiger partial charge in [-0.1, -0.05) is 11.6 Å². The van der Waals surface area contributed by atoms with E-state index in [1.165, 1.54) is 7.11 Å². The molecule has 2 N–H and O–H groups in total. The second-order valence-corrected chi connectivity index (χ2v) is 7.97. The number of nitrogens with one attached hydrogen (secondary N) is 1. The summed E-state index contributed by atoms with van der Waals surface area (Å²) >= 11 is 6.33. The minimum absolute atomic E-state index is 0.0221. The summed E-state index contributed by atoms with van der Waals surface area (Å²) in [6.45, 7) is 4.16. The van der Waals surface area contributed by atoms with Crippen molar-refractivity contribution in [1.29, 1.82) is 0 Å². The average Bonchev–Trinajstić information content (AvgIpc) is 3.01. The molecular formula is C21H31ClN2O6. The van der Waals surface area contributed by atoms with E-state index in [0.717, 1.165) is 32.5 Å². The van der Waals surface area contributed by atoms with Crippen molar-refractivity contribution < 1.29 is 28.8 Å². The molecule has 8 nitrogen and oxygen atoms in total. The van der Waals surface area contributed by atoms with Gasteiger partial charge in [0.25, 0.3) is 5.91 Å². The third-order valence-electron chi connectivity index (χ3n) is 5.62. The summed E-state index contributed by atoms with van der Waals surface area (Å²) in [7, 11) is 3.20. The van der Waals surface area contributed by atoms with Gasteiger partial charge in [0.1, 0.15) is 0 Å². The summed E-state index contributed by atoms with van der Waals surface area (Å²) in [6, 6.07) is 1.56. The van der Waals surface area contributed by atoms with Crippen LogP contribution < -0.4 is 19.5 Å². The van der Waals surface area contributed by atoms with Crippen LogP contribution in [0.2, 0.25) is 5.02 Å². The predicted molar refractivity (Wildman–Crippen MR) is 113 cm³/mol. The SMILES string of the molecule is COc1c(Cl)cc(C(=O)NC[C@@H]2CCN(CCCO)CC2OC)c2c1OCCCO2. The molecule has 0 spiro atoms. The Balaban J connectivity index is 1.68. The normalized spacial score (nSPS) is 21.7. The Hall–Kier alpha value is -1.74. The highest BCUT2D eigenvalue weighted by Crippen LogP contribution is 2.46. The van der Waals surface area contributed by atoms with Gasteiger partial charge in [0, 0.05) is 45.7 Å². The van der Waals surface area contributed by atoms with Gasteiger partial charge in [0.2, 0.25) is 5.75 Å². The first-order valence-corrected chi connectivity index (χ1v) is 10.8. The number of carbonyl (C=O) groups excluding carboxylic acids is 1. The molecule has 1 fully saturated rings. The summed E-state index contributed by atoms with van der Waals surface area (Å²) in [4.78, 5) is 15.3. The zero-order chi connectivity index (χ0) is 21.5. The number of hydrogen-bond donors (Lipinski definition) is 2. The standard InChI is InChI=1S/C21H31ClN2O6/c1-27-17-13-24(6-3-8-25)7-5-14(17)12-23-21(26)15-11-16(22)19(28-2)20-18(15)29-9-4-10-30-20/h11,14,17,25H,3-10,12-13H2,1-2H3,(H,23,26)/t14-,17?/m0/s1. The van der Waals surface area contributed by atoms with Gasteiger partial charge in [-0.05, 0) is 25.5 Å². The smallest absolute Gasteiger partial charge is 0.255 e. The monoisotopic (exact) mass is 442 g/mol. The van der Waals surface area contributed by atoms with Gasteiger partial charge in [-0.2, -0.15) is 0 Å². The lowest BCUT2D eigenvalue weighted by atomic mass is 9.93. The van der Waals surface area contributed by atoms with Crippen LogP contribution in [0, 0.1) is 5.92 Å². The van der Waals surface area contributed by atoms with Crippen molar-refractivity contribution in [2.45, 2.75) is 25.4 Å². The van der Waals surface area contributed by atoms with Gasteiger partial charge in [0.05, 0.1) is 37.0 Å². The van der Waals surface area contributed by atoms with Crippen molar-refractivity contribution in [3.63, 3.8) is 0 Å². The number of hydrogen-bond acceptors (Lipinski definition) is 7. The quantitative estimate of drug-likeness (QED) is 0.636. The first-order chi connectivity index (χ1) is 14.6. The molecule has 2 aliphatic heterocycles. The zero-order valence-electron chi connectivity index (χ0n) is 17.6. The maximum Gasteiger partial charge on any atom is 0.255 e. The van der Waals surface area contributed by atoms with Crippen LogP contribution in [0.4, 0.5) is 0 Å². The third-order valence-corrected chi connectivity index (χ3v) is 5.90. The average molecular weight is 443 g/mol. The van der Waals surface area contributed by atoms with E-state index in [1.807, 2.05) is 0 Å². The first-order valence-electron chi connectivity index (χ1n) is 10.4. The number of benzene rings is 1. The Bertz CT molecular complexity index is 732. The second-order valence-electron chi connectivity index (χ2n) is 7.56. The van der Waals surface area contributed by atoms with Crippen LogP contribution in [0.25, 0.3) is 0 Å². The number of ether oxygens (including phenoxy) is 4. The molecule has 1 aromatic carbocycles. The van der Waals surface area contributed by atoms with Crippen LogP contribution in [0.5, 0.6) is 17.2 Å². The molecular weight excluding hydrogens is 412 g/mol. The Kier molecular flexibility index (Phi) is 8.44. The van der Waals surface area contributed by atoms with Crippen molar-refractivity contribution in [3.8, 4) is 17.2 Å². The Morgan fingerprint density at radius 1 is 1.33 bits per heavy atom. The van der Waals surface area contributed by atoms with E-state index in [1.54, 1.807) is 13.2 Å². The fourth-order valence-electron chi connectivity index (χ4n) is 3.98. The maximum atomic E-state index is 13.0. The van der Waals surface area contributed by atoms with Gasteiger partial charge in [0.15, 0.2) is 11.5 Å². The minimum Gasteiger partial charge on any atom is -0.491 e. The largest absolute Gasteiger partial charge is 0.491 e. The van der Waals surface area contributed by atoms with Gasteiger partial charge in [-0.15, -0.1) is 0 Å². The second kappa shape index (κ2) is 11.0. The van der Waals surface area contributed by atoms with Crippen molar-refractivity contribution in [3.05, 3.63) is 16.7 Å². The summed E-state index contributed by atoms with van der Waals surface area (Å²) in [5.41, 5.74) is 0.340. The highest BCUT2D eigenvalue weighted by Gasteiger charge is 2.31. The maximum absolute atomic E-state index is 13.0. The summed E-state index contributed by atoms with van der Waals surface area (Å²) in [5.74, 6) is 1.06. The number of likely N-dealkylation sites (tertiary alicyclic amines) is 1. The number of methoxy groups -OCH3 is 2. The summed E-state index contributed by atoms with van der Waals surface area (Å²) in [6.07, 6.45) is 2.39. The molecule has 3 rings (SSSR count). The predicted octanol–water partition coefficient (Wildman–Crippen LogP) is 1.96. The van der Waals surface area contributed by atoms with Crippen molar-refractivity contribution in [2.24, 2.45) is 5.92 Å². The molecule has 1 unspecified atom stereocenters. The number of aliphatic hydroxyl groups is 1. The van der Waals surface area contributed by atoms with Crippen LogP contribution in [-0.4, -0.2) is 82.2 Å². The number of halogens is 1. The lowest BCUT2D eigenvalue weighted by Gasteiger charge is -2.37. The number of aliphatic hydroxyl groups excluding tert-OH is 1. The van der Waals surface area contributed by atoms with E-state index in [9.17, 15) is 4.79 Å². The summed E-state index contributed by atoms with van der Waals surface area (Å²) < 4.78 is 22.6.